The van der Waals surface area contributed by atoms with Crippen molar-refractivity contribution in [3.05, 3.63) is 35.4 Å². The van der Waals surface area contributed by atoms with E-state index in [1.807, 2.05) is 0 Å². The fourth-order valence-corrected chi connectivity index (χ4v) is 3.15. The minimum absolute atomic E-state index is 0.179. The average Bonchev–Trinajstić information content (AvgIpc) is 2.88. The first-order valence-corrected chi connectivity index (χ1v) is 7.29. The van der Waals surface area contributed by atoms with Crippen LogP contribution in [0.5, 0.6) is 0 Å². The van der Waals surface area contributed by atoms with Gasteiger partial charge in [-0.3, -0.25) is 0 Å². The minimum atomic E-state index is -0.771. The van der Waals surface area contributed by atoms with Crippen LogP contribution < -0.4 is 5.32 Å². The molecule has 2 rings (SSSR count). The predicted octanol–water partition coefficient (Wildman–Crippen LogP) is 3.30. The van der Waals surface area contributed by atoms with Gasteiger partial charge in [0.1, 0.15) is 0 Å². The maximum Gasteiger partial charge on any atom is 0.159 e. The van der Waals surface area contributed by atoms with Crippen molar-refractivity contribution in [1.29, 1.82) is 0 Å². The van der Waals surface area contributed by atoms with Crippen LogP contribution in [0.3, 0.4) is 0 Å². The summed E-state index contributed by atoms with van der Waals surface area (Å²) in [6.07, 6.45) is 5.54. The Kier molecular flexibility index (Phi) is 5.49. The SMILES string of the molecule is COCCNCC1(Cc2ccc(F)c(F)c2)CCCC1. The molecule has 112 valence electrons. The number of hydrogen-bond donors (Lipinski definition) is 1. The first kappa shape index (κ1) is 15.4. The van der Waals surface area contributed by atoms with E-state index in [1.54, 1.807) is 13.2 Å². The normalized spacial score (nSPS) is 17.6. The Labute approximate surface area is 119 Å². The molecular weight excluding hydrogens is 260 g/mol. The number of methoxy groups -OCH3 is 1. The van der Waals surface area contributed by atoms with E-state index in [0.29, 0.717) is 6.61 Å². The van der Waals surface area contributed by atoms with E-state index in [1.165, 1.54) is 25.0 Å². The van der Waals surface area contributed by atoms with E-state index >= 15 is 0 Å². The Hall–Kier alpha value is -1.00. The molecule has 0 heterocycles. The maximum atomic E-state index is 13.3. The Morgan fingerprint density at radius 2 is 1.95 bits per heavy atom. The van der Waals surface area contributed by atoms with Gasteiger partial charge in [0.05, 0.1) is 6.61 Å². The highest BCUT2D eigenvalue weighted by Crippen LogP contribution is 2.40. The van der Waals surface area contributed by atoms with Crippen LogP contribution in [-0.4, -0.2) is 26.8 Å². The third-order valence-electron chi connectivity index (χ3n) is 4.21. The molecule has 2 nitrogen and oxygen atoms in total. The molecule has 20 heavy (non-hydrogen) atoms. The van der Waals surface area contributed by atoms with E-state index in [2.05, 4.69) is 5.32 Å². The van der Waals surface area contributed by atoms with E-state index < -0.39 is 11.6 Å². The van der Waals surface area contributed by atoms with Crippen LogP contribution in [0.25, 0.3) is 0 Å². The van der Waals surface area contributed by atoms with E-state index in [9.17, 15) is 8.78 Å². The quantitative estimate of drug-likeness (QED) is 0.775. The molecule has 1 saturated carbocycles. The molecule has 1 aliphatic rings. The first-order chi connectivity index (χ1) is 9.65. The zero-order chi connectivity index (χ0) is 14.4. The summed E-state index contributed by atoms with van der Waals surface area (Å²) in [6.45, 7) is 2.44. The zero-order valence-electron chi connectivity index (χ0n) is 12.1. The Balaban J connectivity index is 1.99. The fraction of sp³-hybridized carbons (Fsp3) is 0.625. The first-order valence-electron chi connectivity index (χ1n) is 7.29. The Morgan fingerprint density at radius 1 is 1.20 bits per heavy atom. The number of rotatable bonds is 7. The van der Waals surface area contributed by atoms with Gasteiger partial charge in [-0.05, 0) is 42.4 Å². The molecule has 0 radical (unpaired) electrons. The van der Waals surface area contributed by atoms with Crippen molar-refractivity contribution in [2.75, 3.05) is 26.8 Å². The van der Waals surface area contributed by atoms with Gasteiger partial charge in [-0.25, -0.2) is 8.78 Å². The molecule has 1 fully saturated rings. The lowest BCUT2D eigenvalue weighted by Gasteiger charge is -2.29. The number of halogens is 2. The standard InChI is InChI=1S/C16H23F2NO/c1-20-9-8-19-12-16(6-2-3-7-16)11-13-4-5-14(17)15(18)10-13/h4-5,10,19H,2-3,6-9,11-12H2,1H3. The summed E-state index contributed by atoms with van der Waals surface area (Å²) >= 11 is 0. The number of hydrogen-bond acceptors (Lipinski definition) is 2. The highest BCUT2D eigenvalue weighted by molar-refractivity contribution is 5.20. The highest BCUT2D eigenvalue weighted by Gasteiger charge is 2.33. The average molecular weight is 283 g/mol. The minimum Gasteiger partial charge on any atom is -0.383 e. The van der Waals surface area contributed by atoms with Crippen molar-refractivity contribution in [2.45, 2.75) is 32.1 Å². The van der Waals surface area contributed by atoms with Gasteiger partial charge >= 0.3 is 0 Å². The molecule has 0 aliphatic heterocycles. The summed E-state index contributed by atoms with van der Waals surface area (Å²) in [5, 5.41) is 3.42. The molecule has 1 N–H and O–H groups in total. The molecule has 0 spiro atoms. The van der Waals surface area contributed by atoms with Crippen molar-refractivity contribution in [3.8, 4) is 0 Å². The van der Waals surface area contributed by atoms with Crippen LogP contribution in [0.4, 0.5) is 8.78 Å². The van der Waals surface area contributed by atoms with E-state index in [4.69, 9.17) is 4.74 Å². The molecule has 0 atom stereocenters. The van der Waals surface area contributed by atoms with Crippen LogP contribution in [-0.2, 0) is 11.2 Å². The fourth-order valence-electron chi connectivity index (χ4n) is 3.15. The van der Waals surface area contributed by atoms with Crippen LogP contribution >= 0.6 is 0 Å². The second kappa shape index (κ2) is 7.14. The molecule has 1 aromatic rings. The van der Waals surface area contributed by atoms with Crippen molar-refractivity contribution in [3.63, 3.8) is 0 Å². The van der Waals surface area contributed by atoms with Gasteiger partial charge in [-0.1, -0.05) is 18.9 Å². The summed E-state index contributed by atoms with van der Waals surface area (Å²) in [5.74, 6) is -1.52. The van der Waals surface area contributed by atoms with Crippen molar-refractivity contribution in [1.82, 2.24) is 5.32 Å². The van der Waals surface area contributed by atoms with Crippen LogP contribution in [0.2, 0.25) is 0 Å². The predicted molar refractivity (Wildman–Crippen MR) is 75.7 cm³/mol. The smallest absolute Gasteiger partial charge is 0.159 e. The highest BCUT2D eigenvalue weighted by atomic mass is 19.2. The summed E-state index contributed by atoms with van der Waals surface area (Å²) in [5.41, 5.74) is 1.07. The van der Waals surface area contributed by atoms with E-state index in [0.717, 1.165) is 37.9 Å². The van der Waals surface area contributed by atoms with E-state index in [-0.39, 0.29) is 5.41 Å². The summed E-state index contributed by atoms with van der Waals surface area (Å²) in [4.78, 5) is 0. The van der Waals surface area contributed by atoms with Crippen molar-refractivity contribution >= 4 is 0 Å². The van der Waals surface area contributed by atoms with Crippen LogP contribution in [0.15, 0.2) is 18.2 Å². The van der Waals surface area contributed by atoms with Gasteiger partial charge in [0.25, 0.3) is 0 Å². The lowest BCUT2D eigenvalue weighted by molar-refractivity contribution is 0.189. The molecular formula is C16H23F2NO. The second-order valence-electron chi connectivity index (χ2n) is 5.80. The largest absolute Gasteiger partial charge is 0.383 e. The lowest BCUT2D eigenvalue weighted by atomic mass is 9.80. The van der Waals surface area contributed by atoms with Gasteiger partial charge in [0.2, 0.25) is 0 Å². The van der Waals surface area contributed by atoms with Crippen LogP contribution in [0.1, 0.15) is 31.2 Å². The Morgan fingerprint density at radius 3 is 2.60 bits per heavy atom. The third-order valence-corrected chi connectivity index (χ3v) is 4.21. The van der Waals surface area contributed by atoms with Gasteiger partial charge in [-0.2, -0.15) is 0 Å². The number of nitrogens with one attached hydrogen (secondary N) is 1. The second-order valence-corrected chi connectivity index (χ2v) is 5.80. The summed E-state index contributed by atoms with van der Waals surface area (Å²) < 4.78 is 31.3. The lowest BCUT2D eigenvalue weighted by Crippen LogP contribution is -2.35. The zero-order valence-corrected chi connectivity index (χ0v) is 12.1. The molecule has 0 amide bonds. The van der Waals surface area contributed by atoms with Crippen molar-refractivity contribution < 1.29 is 13.5 Å². The monoisotopic (exact) mass is 283 g/mol. The molecule has 0 saturated heterocycles. The molecule has 1 aliphatic carbocycles. The van der Waals surface area contributed by atoms with Gasteiger partial charge in [0.15, 0.2) is 11.6 Å². The van der Waals surface area contributed by atoms with Gasteiger partial charge in [0, 0.05) is 20.2 Å². The molecule has 0 aromatic heterocycles. The van der Waals surface area contributed by atoms with Gasteiger partial charge in [-0.15, -0.1) is 0 Å². The topological polar surface area (TPSA) is 21.3 Å². The molecule has 0 bridgehead atoms. The molecule has 1 aromatic carbocycles. The number of ether oxygens (including phenoxy) is 1. The molecule has 0 unspecified atom stereocenters. The summed E-state index contributed by atoms with van der Waals surface area (Å²) in [6, 6.07) is 4.27. The van der Waals surface area contributed by atoms with Gasteiger partial charge < -0.3 is 10.1 Å². The summed E-state index contributed by atoms with van der Waals surface area (Å²) in [7, 11) is 1.69. The van der Waals surface area contributed by atoms with Crippen molar-refractivity contribution in [2.24, 2.45) is 5.41 Å². The Bertz CT molecular complexity index is 430. The third kappa shape index (κ3) is 4.00. The molecule has 4 heteroatoms. The number of benzene rings is 1. The maximum absolute atomic E-state index is 13.3. The van der Waals surface area contributed by atoms with Crippen LogP contribution in [0, 0.1) is 17.0 Å².